The summed E-state index contributed by atoms with van der Waals surface area (Å²) in [5, 5.41) is 6.49. The Balaban J connectivity index is 0.000000114. The fourth-order valence-electron chi connectivity index (χ4n) is 2.68. The second-order valence-electron chi connectivity index (χ2n) is 4.95. The summed E-state index contributed by atoms with van der Waals surface area (Å²) in [4.78, 5) is 13.2. The van der Waals surface area contributed by atoms with Gasteiger partial charge in [-0.3, -0.25) is 9.98 Å². The Morgan fingerprint density at radius 3 is 2.33 bits per heavy atom. The van der Waals surface area contributed by atoms with E-state index in [4.69, 9.17) is 0 Å². The molecule has 0 saturated carbocycles. The average molecular weight is 250 g/mol. The molecule has 2 fully saturated rings. The van der Waals surface area contributed by atoms with Gasteiger partial charge in [-0.25, -0.2) is 0 Å². The van der Waals surface area contributed by atoms with Crippen LogP contribution in [0.3, 0.4) is 0 Å². The van der Waals surface area contributed by atoms with Crippen molar-refractivity contribution in [2.75, 3.05) is 52.4 Å². The van der Waals surface area contributed by atoms with E-state index in [2.05, 4.69) is 30.4 Å². The molecule has 0 unspecified atom stereocenters. The van der Waals surface area contributed by atoms with E-state index in [9.17, 15) is 0 Å². The van der Waals surface area contributed by atoms with Crippen molar-refractivity contribution in [1.29, 1.82) is 0 Å². The van der Waals surface area contributed by atoms with Gasteiger partial charge in [-0.05, 0) is 12.8 Å². The fourth-order valence-corrected chi connectivity index (χ4v) is 2.68. The molecule has 0 atom stereocenters. The van der Waals surface area contributed by atoms with Gasteiger partial charge in [0.05, 0.1) is 6.54 Å². The van der Waals surface area contributed by atoms with Crippen molar-refractivity contribution in [2.24, 2.45) is 9.98 Å². The van der Waals surface area contributed by atoms with Crippen LogP contribution in [0.5, 0.6) is 0 Å². The predicted octanol–water partition coefficient (Wildman–Crippen LogP) is -0.697. The van der Waals surface area contributed by atoms with Crippen molar-refractivity contribution in [3.05, 3.63) is 0 Å². The predicted molar refractivity (Wildman–Crippen MR) is 73.0 cm³/mol. The van der Waals surface area contributed by atoms with Gasteiger partial charge >= 0.3 is 0 Å². The normalized spacial score (nSPS) is 24.9. The van der Waals surface area contributed by atoms with Gasteiger partial charge in [0, 0.05) is 45.8 Å². The minimum Gasteiger partial charge on any atom is -0.356 e. The maximum absolute atomic E-state index is 4.38. The Hall–Kier alpha value is -1.46. The number of hydrogen-bond acceptors (Lipinski definition) is 6. The van der Waals surface area contributed by atoms with Crippen LogP contribution in [0.4, 0.5) is 0 Å². The van der Waals surface area contributed by atoms with Gasteiger partial charge in [0.25, 0.3) is 0 Å². The molecule has 6 nitrogen and oxygen atoms in total. The quantitative estimate of drug-likeness (QED) is 0.597. The Labute approximate surface area is 108 Å². The molecule has 100 valence electrons. The molecular weight excluding hydrogens is 228 g/mol. The smallest absolute Gasteiger partial charge is 0.194 e. The second-order valence-corrected chi connectivity index (χ2v) is 4.95. The van der Waals surface area contributed by atoms with E-state index in [-0.39, 0.29) is 0 Å². The number of rotatable bonds is 0. The first-order chi connectivity index (χ1) is 8.93. The largest absolute Gasteiger partial charge is 0.356 e. The molecule has 0 aromatic heterocycles. The fraction of sp³-hybridized carbons (Fsp3) is 0.833. The van der Waals surface area contributed by atoms with Crippen LogP contribution in [-0.2, 0) is 0 Å². The molecule has 2 N–H and O–H groups in total. The monoisotopic (exact) mass is 250 g/mol. The van der Waals surface area contributed by atoms with Crippen molar-refractivity contribution in [3.8, 4) is 0 Å². The summed E-state index contributed by atoms with van der Waals surface area (Å²) >= 11 is 0. The van der Waals surface area contributed by atoms with Gasteiger partial charge in [-0.2, -0.15) is 0 Å². The number of nitrogens with one attached hydrogen (secondary N) is 2. The van der Waals surface area contributed by atoms with Gasteiger partial charge < -0.3 is 20.4 Å². The number of guanidine groups is 2. The molecule has 6 heteroatoms. The second kappa shape index (κ2) is 5.46. The van der Waals surface area contributed by atoms with E-state index in [1.54, 1.807) is 0 Å². The zero-order valence-electron chi connectivity index (χ0n) is 10.9. The number of aliphatic imine (C=N–C) groups is 2. The number of hydrogen-bond donors (Lipinski definition) is 2. The topological polar surface area (TPSA) is 55.3 Å². The summed E-state index contributed by atoms with van der Waals surface area (Å²) in [7, 11) is 0. The van der Waals surface area contributed by atoms with Gasteiger partial charge in [0.15, 0.2) is 11.9 Å². The zero-order chi connectivity index (χ0) is 12.2. The average Bonchev–Trinajstić information content (AvgIpc) is 3.03. The number of fused-ring (bicyclic) bond motifs is 2. The summed E-state index contributed by atoms with van der Waals surface area (Å²) in [5.41, 5.74) is 0. The third kappa shape index (κ3) is 2.52. The zero-order valence-corrected chi connectivity index (χ0v) is 10.9. The highest BCUT2D eigenvalue weighted by Crippen LogP contribution is 2.05. The van der Waals surface area contributed by atoms with Gasteiger partial charge in [0.1, 0.15) is 0 Å². The lowest BCUT2D eigenvalue weighted by molar-refractivity contribution is 0.346. The van der Waals surface area contributed by atoms with Crippen molar-refractivity contribution in [1.82, 2.24) is 20.4 Å². The molecule has 0 aromatic rings. The lowest BCUT2D eigenvalue weighted by Gasteiger charge is -2.33. The molecule has 4 rings (SSSR count). The summed E-state index contributed by atoms with van der Waals surface area (Å²) in [6.07, 6.45) is 2.49. The molecule has 0 bridgehead atoms. The molecule has 0 amide bonds. The molecule has 0 radical (unpaired) electrons. The minimum atomic E-state index is 0.988. The van der Waals surface area contributed by atoms with Crippen molar-refractivity contribution in [3.63, 3.8) is 0 Å². The highest BCUT2D eigenvalue weighted by Gasteiger charge is 2.20. The number of nitrogens with zero attached hydrogens (tertiary/aromatic N) is 4. The Morgan fingerprint density at radius 1 is 0.722 bits per heavy atom. The van der Waals surface area contributed by atoms with E-state index in [1.165, 1.54) is 25.9 Å². The third-order valence-electron chi connectivity index (χ3n) is 3.63. The van der Waals surface area contributed by atoms with Gasteiger partial charge in [-0.15, -0.1) is 0 Å². The first-order valence-corrected chi connectivity index (χ1v) is 7.00. The van der Waals surface area contributed by atoms with E-state index in [1.807, 2.05) is 0 Å². The van der Waals surface area contributed by atoms with Crippen LogP contribution in [0.2, 0.25) is 0 Å². The lowest BCUT2D eigenvalue weighted by Crippen LogP contribution is -2.49. The summed E-state index contributed by atoms with van der Waals surface area (Å²) in [6, 6.07) is 0. The Kier molecular flexibility index (Phi) is 3.52. The molecule has 0 aromatic carbocycles. The van der Waals surface area contributed by atoms with Crippen LogP contribution in [-0.4, -0.2) is 74.1 Å². The van der Waals surface area contributed by atoms with Crippen molar-refractivity contribution < 1.29 is 0 Å². The Morgan fingerprint density at radius 2 is 1.44 bits per heavy atom. The summed E-state index contributed by atoms with van der Waals surface area (Å²) in [6.45, 7) is 8.87. The van der Waals surface area contributed by atoms with Gasteiger partial charge in [0.2, 0.25) is 0 Å². The Bertz CT molecular complexity index is 350. The van der Waals surface area contributed by atoms with Gasteiger partial charge in [-0.1, -0.05) is 0 Å². The third-order valence-corrected chi connectivity index (χ3v) is 3.63. The lowest BCUT2D eigenvalue weighted by atomic mass is 10.2. The minimum absolute atomic E-state index is 0.988. The van der Waals surface area contributed by atoms with Crippen LogP contribution < -0.4 is 10.6 Å². The molecule has 4 heterocycles. The first kappa shape index (κ1) is 11.6. The summed E-state index contributed by atoms with van der Waals surface area (Å²) in [5.74, 6) is 2.25. The molecule has 0 spiro atoms. The SMILES string of the molecule is C1CN2CCNC2=N1.C1CN=C2NCCCN2C1. The van der Waals surface area contributed by atoms with Crippen LogP contribution in [0.1, 0.15) is 12.8 Å². The highest BCUT2D eigenvalue weighted by molar-refractivity contribution is 5.83. The molecule has 4 aliphatic heterocycles. The van der Waals surface area contributed by atoms with E-state index in [0.29, 0.717) is 0 Å². The molecule has 2 saturated heterocycles. The van der Waals surface area contributed by atoms with Crippen LogP contribution in [0.25, 0.3) is 0 Å². The van der Waals surface area contributed by atoms with Crippen LogP contribution in [0.15, 0.2) is 9.98 Å². The maximum Gasteiger partial charge on any atom is 0.194 e. The van der Waals surface area contributed by atoms with E-state index >= 15 is 0 Å². The van der Waals surface area contributed by atoms with Crippen LogP contribution >= 0.6 is 0 Å². The molecule has 0 aliphatic carbocycles. The first-order valence-electron chi connectivity index (χ1n) is 7.00. The van der Waals surface area contributed by atoms with Crippen LogP contribution in [0, 0.1) is 0 Å². The molecule has 4 aliphatic rings. The maximum atomic E-state index is 4.38. The van der Waals surface area contributed by atoms with Crippen molar-refractivity contribution in [2.45, 2.75) is 12.8 Å². The van der Waals surface area contributed by atoms with Crippen molar-refractivity contribution >= 4 is 11.9 Å². The highest BCUT2D eigenvalue weighted by atomic mass is 15.4. The molecular formula is C12H22N6. The van der Waals surface area contributed by atoms with E-state index in [0.717, 1.165) is 51.2 Å². The van der Waals surface area contributed by atoms with E-state index < -0.39 is 0 Å². The molecule has 18 heavy (non-hydrogen) atoms. The summed E-state index contributed by atoms with van der Waals surface area (Å²) < 4.78 is 0. The standard InChI is InChI=1S/C7H13N3.C5H9N3/c1-3-8-7-9-4-2-6-10(7)5-1;1-3-8-4-2-7-5(8)6-1/h1-6H2,(H,8,9);1-4H2,(H,6,7).